The number of rotatable bonds is 2. The summed E-state index contributed by atoms with van der Waals surface area (Å²) in [6.07, 6.45) is 9.24. The topological polar surface area (TPSA) is 54.4 Å². The largest absolute Gasteiger partial charge is 0.389 e. The summed E-state index contributed by atoms with van der Waals surface area (Å²) in [4.78, 5) is 25.8. The normalized spacial score (nSPS) is 51.6. The lowest BCUT2D eigenvalue weighted by Crippen LogP contribution is -2.57. The predicted octanol–water partition coefficient (Wildman–Crippen LogP) is 3.93. The van der Waals surface area contributed by atoms with E-state index in [0.29, 0.717) is 35.3 Å². The molecule has 8 atom stereocenters. The third-order valence-corrected chi connectivity index (χ3v) is 8.93. The maximum atomic E-state index is 13.4. The molecular weight excluding hydrogens is 380 g/mol. The molecule has 3 fully saturated rings. The Morgan fingerprint density at radius 3 is 2.76 bits per heavy atom. The summed E-state index contributed by atoms with van der Waals surface area (Å²) in [5.41, 5.74) is -0.262. The smallest absolute Gasteiger partial charge is 0.147 e. The molecule has 0 aliphatic heterocycles. The minimum atomic E-state index is -0.356. The number of alkyl halides is 1. The minimum Gasteiger partial charge on any atom is -0.389 e. The summed E-state index contributed by atoms with van der Waals surface area (Å²) in [5, 5.41) is 10.4. The van der Waals surface area contributed by atoms with Gasteiger partial charge in [-0.2, -0.15) is 0 Å². The molecular formula is C21H29BrO3. The van der Waals surface area contributed by atoms with Crippen LogP contribution in [0.1, 0.15) is 52.4 Å². The van der Waals surface area contributed by atoms with E-state index in [1.807, 2.05) is 6.08 Å². The Balaban J connectivity index is 1.70. The minimum absolute atomic E-state index is 0.0380. The van der Waals surface area contributed by atoms with E-state index < -0.39 is 0 Å². The fourth-order valence-corrected chi connectivity index (χ4v) is 7.63. The molecule has 4 aliphatic carbocycles. The molecule has 3 saturated carbocycles. The van der Waals surface area contributed by atoms with E-state index in [9.17, 15) is 14.7 Å². The maximum absolute atomic E-state index is 13.4. The number of fused-ring (bicyclic) bond motifs is 5. The Bertz CT molecular complexity index is 629. The average molecular weight is 409 g/mol. The molecule has 4 aliphatic rings. The molecule has 0 heterocycles. The van der Waals surface area contributed by atoms with Gasteiger partial charge in [-0.25, -0.2) is 0 Å². The predicted molar refractivity (Wildman–Crippen MR) is 100 cm³/mol. The second-order valence-electron chi connectivity index (χ2n) is 9.43. The van der Waals surface area contributed by atoms with E-state index >= 15 is 0 Å². The van der Waals surface area contributed by atoms with Gasteiger partial charge in [-0.1, -0.05) is 41.9 Å². The summed E-state index contributed by atoms with van der Waals surface area (Å²) in [6, 6.07) is 0. The average Bonchev–Trinajstić information content (AvgIpc) is 2.91. The van der Waals surface area contributed by atoms with Crippen LogP contribution in [0.3, 0.4) is 0 Å². The van der Waals surface area contributed by atoms with Crippen LogP contribution in [-0.2, 0) is 9.59 Å². The molecule has 4 heteroatoms. The van der Waals surface area contributed by atoms with Gasteiger partial charge in [0.2, 0.25) is 0 Å². The van der Waals surface area contributed by atoms with E-state index in [-0.39, 0.29) is 34.6 Å². The highest BCUT2D eigenvalue weighted by Crippen LogP contribution is 2.65. The van der Waals surface area contributed by atoms with Crippen molar-refractivity contribution in [3.8, 4) is 0 Å². The van der Waals surface area contributed by atoms with Crippen molar-refractivity contribution >= 4 is 27.5 Å². The second-order valence-corrected chi connectivity index (χ2v) is 9.99. The Hall–Kier alpha value is -0.480. The van der Waals surface area contributed by atoms with Gasteiger partial charge in [0.25, 0.3) is 0 Å². The zero-order chi connectivity index (χ0) is 18.0. The van der Waals surface area contributed by atoms with Crippen LogP contribution < -0.4 is 0 Å². The molecule has 0 aromatic rings. The Labute approximate surface area is 158 Å². The highest BCUT2D eigenvalue weighted by atomic mass is 79.9. The number of Topliss-reactive ketones (excluding diaryl/α,β-unsaturated/α-hetero) is 2. The number of carbonyl (C=O) groups excluding carboxylic acids is 2. The zero-order valence-corrected chi connectivity index (χ0v) is 16.8. The van der Waals surface area contributed by atoms with Crippen LogP contribution in [0, 0.1) is 40.4 Å². The number of hydrogen-bond acceptors (Lipinski definition) is 3. The first-order chi connectivity index (χ1) is 11.8. The van der Waals surface area contributed by atoms with Gasteiger partial charge in [0.05, 0.1) is 11.4 Å². The number of ketones is 2. The molecule has 1 N–H and O–H groups in total. The van der Waals surface area contributed by atoms with Gasteiger partial charge in [0, 0.05) is 18.3 Å². The van der Waals surface area contributed by atoms with Crippen molar-refractivity contribution in [1.29, 1.82) is 0 Å². The molecule has 0 radical (unpaired) electrons. The monoisotopic (exact) mass is 408 g/mol. The van der Waals surface area contributed by atoms with Gasteiger partial charge in [0.15, 0.2) is 0 Å². The van der Waals surface area contributed by atoms with Gasteiger partial charge in [-0.3, -0.25) is 9.59 Å². The van der Waals surface area contributed by atoms with Crippen molar-refractivity contribution in [3.05, 3.63) is 12.2 Å². The molecule has 3 nitrogen and oxygen atoms in total. The first-order valence-corrected chi connectivity index (χ1v) is 10.9. The number of halogens is 1. The van der Waals surface area contributed by atoms with Gasteiger partial charge in [-0.05, 0) is 60.7 Å². The number of aliphatic hydroxyl groups is 1. The van der Waals surface area contributed by atoms with Crippen LogP contribution in [0.2, 0.25) is 0 Å². The standard InChI is InChI=1S/C21H29BrO3/c1-20-8-7-13(23)9-12(20)3-4-14-15-5-6-16(18(25)11-22)21(15,2)10-17(24)19(14)20/h7-8,12-16,19,23H,3-6,9-11H2,1-2H3/t12-,13+,14-,15-,16+,19+,20-,21-/m0/s1. The number of aliphatic hydroxyl groups excluding tert-OH is 1. The molecule has 0 aromatic carbocycles. The van der Waals surface area contributed by atoms with Crippen molar-refractivity contribution < 1.29 is 14.7 Å². The van der Waals surface area contributed by atoms with Crippen LogP contribution in [0.15, 0.2) is 12.2 Å². The summed E-state index contributed by atoms with van der Waals surface area (Å²) < 4.78 is 0. The maximum Gasteiger partial charge on any atom is 0.147 e. The van der Waals surface area contributed by atoms with Crippen LogP contribution in [0.4, 0.5) is 0 Å². The van der Waals surface area contributed by atoms with Gasteiger partial charge in [0.1, 0.15) is 11.6 Å². The van der Waals surface area contributed by atoms with E-state index in [1.54, 1.807) is 0 Å². The molecule has 0 saturated heterocycles. The van der Waals surface area contributed by atoms with Crippen molar-refractivity contribution in [2.45, 2.75) is 58.5 Å². The van der Waals surface area contributed by atoms with E-state index in [4.69, 9.17) is 0 Å². The summed E-state index contributed by atoms with van der Waals surface area (Å²) in [5.74, 6) is 2.05. The lowest BCUT2D eigenvalue weighted by molar-refractivity contribution is -0.152. The first kappa shape index (κ1) is 17.9. The van der Waals surface area contributed by atoms with Crippen LogP contribution >= 0.6 is 15.9 Å². The fourth-order valence-electron chi connectivity index (χ4n) is 7.23. The highest BCUT2D eigenvalue weighted by Gasteiger charge is 2.63. The second kappa shape index (κ2) is 6.02. The van der Waals surface area contributed by atoms with Gasteiger partial charge in [-0.15, -0.1) is 0 Å². The van der Waals surface area contributed by atoms with Crippen molar-refractivity contribution in [2.24, 2.45) is 40.4 Å². The molecule has 25 heavy (non-hydrogen) atoms. The molecule has 0 bridgehead atoms. The van der Waals surface area contributed by atoms with Crippen LogP contribution in [0.25, 0.3) is 0 Å². The molecule has 0 spiro atoms. The Morgan fingerprint density at radius 2 is 2.04 bits per heavy atom. The molecule has 138 valence electrons. The molecule has 0 unspecified atom stereocenters. The third kappa shape index (κ3) is 2.46. The third-order valence-electron chi connectivity index (χ3n) is 8.38. The van der Waals surface area contributed by atoms with E-state index in [2.05, 4.69) is 35.9 Å². The zero-order valence-electron chi connectivity index (χ0n) is 15.2. The molecule has 0 aromatic heterocycles. The molecule has 0 amide bonds. The molecule has 4 rings (SSSR count). The number of hydrogen-bond donors (Lipinski definition) is 1. The Morgan fingerprint density at radius 1 is 1.28 bits per heavy atom. The lowest BCUT2D eigenvalue weighted by atomic mass is 9.45. The van der Waals surface area contributed by atoms with Gasteiger partial charge < -0.3 is 5.11 Å². The highest BCUT2D eigenvalue weighted by molar-refractivity contribution is 9.09. The lowest BCUT2D eigenvalue weighted by Gasteiger charge is -2.58. The van der Waals surface area contributed by atoms with Crippen LogP contribution in [-0.4, -0.2) is 28.1 Å². The summed E-state index contributed by atoms with van der Waals surface area (Å²) in [7, 11) is 0. The van der Waals surface area contributed by atoms with E-state index in [1.165, 1.54) is 0 Å². The SMILES string of the molecule is C[C@]12C=C[C@@H](O)C[C@@H]1CC[C@@H]1[C@@H]2C(=O)C[C@]2(C)[C@@H](C(=O)CBr)CC[C@@H]12. The summed E-state index contributed by atoms with van der Waals surface area (Å²) in [6.45, 7) is 4.45. The van der Waals surface area contributed by atoms with Crippen molar-refractivity contribution in [3.63, 3.8) is 0 Å². The fraction of sp³-hybridized carbons (Fsp3) is 0.810. The number of allylic oxidation sites excluding steroid dienone is 1. The van der Waals surface area contributed by atoms with Crippen molar-refractivity contribution in [2.75, 3.05) is 5.33 Å². The van der Waals surface area contributed by atoms with E-state index in [0.717, 1.165) is 32.1 Å². The quantitative estimate of drug-likeness (QED) is 0.556. The Kier molecular flexibility index (Phi) is 4.31. The summed E-state index contributed by atoms with van der Waals surface area (Å²) >= 11 is 3.34. The first-order valence-electron chi connectivity index (χ1n) is 9.80. The van der Waals surface area contributed by atoms with Gasteiger partial charge >= 0.3 is 0 Å². The van der Waals surface area contributed by atoms with Crippen LogP contribution in [0.5, 0.6) is 0 Å². The number of carbonyl (C=O) groups is 2. The van der Waals surface area contributed by atoms with Crippen molar-refractivity contribution in [1.82, 2.24) is 0 Å².